The van der Waals surface area contributed by atoms with Crippen molar-refractivity contribution in [3.63, 3.8) is 0 Å². The molecule has 2 aromatic rings. The summed E-state index contributed by atoms with van der Waals surface area (Å²) in [5.41, 5.74) is -0.873. The fourth-order valence-electron chi connectivity index (χ4n) is 2.47. The topological polar surface area (TPSA) is 70.7 Å². The van der Waals surface area contributed by atoms with Crippen molar-refractivity contribution in [1.29, 1.82) is 0 Å². The van der Waals surface area contributed by atoms with E-state index in [1.54, 1.807) is 21.0 Å². The van der Waals surface area contributed by atoms with E-state index in [4.69, 9.17) is 28.6 Å². The number of esters is 1. The van der Waals surface area contributed by atoms with Crippen molar-refractivity contribution in [1.82, 2.24) is 4.90 Å². The van der Waals surface area contributed by atoms with Crippen LogP contribution in [0.2, 0.25) is 5.02 Å². The van der Waals surface area contributed by atoms with Crippen molar-refractivity contribution in [3.8, 4) is 0 Å². The van der Waals surface area contributed by atoms with Crippen molar-refractivity contribution in [2.24, 2.45) is 0 Å². The molecule has 1 aromatic heterocycles. The first-order valence-corrected chi connectivity index (χ1v) is 9.85. The van der Waals surface area contributed by atoms with E-state index in [0.29, 0.717) is 5.56 Å². The molecule has 1 heterocycles. The molecule has 0 saturated heterocycles. The van der Waals surface area contributed by atoms with Crippen molar-refractivity contribution < 1.29 is 27.5 Å². The number of alkyl halides is 3. The number of thiophene rings is 1. The lowest BCUT2D eigenvalue weighted by Crippen LogP contribution is -2.22. The van der Waals surface area contributed by atoms with Gasteiger partial charge in [0.25, 0.3) is 5.91 Å². The molecule has 30 heavy (non-hydrogen) atoms. The van der Waals surface area contributed by atoms with Crippen LogP contribution in [-0.4, -0.2) is 43.1 Å². The second kappa shape index (κ2) is 9.19. The number of methoxy groups -OCH3 is 1. The van der Waals surface area contributed by atoms with E-state index in [0.717, 1.165) is 23.5 Å². The molecule has 12 heteroatoms. The molecule has 0 saturated carbocycles. The van der Waals surface area contributed by atoms with Crippen molar-refractivity contribution in [3.05, 3.63) is 44.8 Å². The van der Waals surface area contributed by atoms with Crippen LogP contribution in [0.25, 0.3) is 0 Å². The predicted molar refractivity (Wildman–Crippen MR) is 115 cm³/mol. The zero-order chi connectivity index (χ0) is 22.8. The lowest BCUT2D eigenvalue weighted by Gasteiger charge is -2.16. The largest absolute Gasteiger partial charge is 0.465 e. The van der Waals surface area contributed by atoms with E-state index in [2.05, 4.69) is 10.6 Å². The van der Waals surface area contributed by atoms with Gasteiger partial charge in [-0.3, -0.25) is 4.79 Å². The van der Waals surface area contributed by atoms with Crippen LogP contribution in [0, 0.1) is 6.92 Å². The highest BCUT2D eigenvalue weighted by molar-refractivity contribution is 7.80. The van der Waals surface area contributed by atoms with Gasteiger partial charge in [0.1, 0.15) is 5.00 Å². The summed E-state index contributed by atoms with van der Waals surface area (Å²) in [6.07, 6.45) is -4.66. The molecule has 0 fully saturated rings. The highest BCUT2D eigenvalue weighted by Crippen LogP contribution is 2.37. The molecule has 0 aliphatic rings. The van der Waals surface area contributed by atoms with E-state index >= 15 is 0 Å². The number of hydrogen-bond donors (Lipinski definition) is 2. The summed E-state index contributed by atoms with van der Waals surface area (Å²) in [6, 6.07) is 3.20. The molecule has 0 spiro atoms. The lowest BCUT2D eigenvalue weighted by molar-refractivity contribution is -0.136. The number of thiocarbonyl (C=S) groups is 1. The summed E-state index contributed by atoms with van der Waals surface area (Å²) in [4.78, 5) is 26.2. The van der Waals surface area contributed by atoms with Crippen LogP contribution >= 0.6 is 35.2 Å². The number of benzene rings is 1. The number of nitrogens with one attached hydrogen (secondary N) is 2. The maximum absolute atomic E-state index is 13.3. The number of amides is 1. The molecule has 0 unspecified atom stereocenters. The fourth-order valence-corrected chi connectivity index (χ4v) is 4.14. The molecule has 0 aliphatic carbocycles. The second-order valence-electron chi connectivity index (χ2n) is 6.22. The molecule has 0 radical (unpaired) electrons. The first-order valence-electron chi connectivity index (χ1n) is 8.24. The minimum Gasteiger partial charge on any atom is -0.465 e. The number of hydrogen-bond acceptors (Lipinski definition) is 5. The molecule has 162 valence electrons. The third-order valence-corrected chi connectivity index (χ3v) is 5.53. The number of rotatable bonds is 4. The van der Waals surface area contributed by atoms with Gasteiger partial charge in [-0.2, -0.15) is 13.2 Å². The van der Waals surface area contributed by atoms with E-state index in [9.17, 15) is 22.8 Å². The van der Waals surface area contributed by atoms with Gasteiger partial charge in [-0.05, 0) is 42.9 Å². The lowest BCUT2D eigenvalue weighted by atomic mass is 10.1. The first-order chi connectivity index (χ1) is 13.9. The van der Waals surface area contributed by atoms with Gasteiger partial charge in [0.2, 0.25) is 0 Å². The Morgan fingerprint density at radius 1 is 1.23 bits per heavy atom. The smallest absolute Gasteiger partial charge is 0.418 e. The number of carbonyl (C=O) groups is 2. The van der Waals surface area contributed by atoms with E-state index < -0.39 is 17.7 Å². The molecular formula is C18H17ClF3N3O3S2. The Bertz CT molecular complexity index is 1010. The first kappa shape index (κ1) is 23.9. The van der Waals surface area contributed by atoms with Gasteiger partial charge in [0.05, 0.1) is 28.8 Å². The Morgan fingerprint density at radius 2 is 1.87 bits per heavy atom. The van der Waals surface area contributed by atoms with Crippen molar-refractivity contribution in [2.45, 2.75) is 13.1 Å². The summed E-state index contributed by atoms with van der Waals surface area (Å²) in [5.74, 6) is -1.05. The molecule has 1 aromatic carbocycles. The van der Waals surface area contributed by atoms with Crippen LogP contribution in [0.4, 0.5) is 23.9 Å². The third kappa shape index (κ3) is 5.21. The normalized spacial score (nSPS) is 11.1. The fraction of sp³-hybridized carbons (Fsp3) is 0.278. The number of carbonyl (C=O) groups excluding carboxylic acids is 2. The molecule has 2 N–H and O–H groups in total. The van der Waals surface area contributed by atoms with Crippen molar-refractivity contribution in [2.75, 3.05) is 31.8 Å². The van der Waals surface area contributed by atoms with Crippen LogP contribution < -0.4 is 10.6 Å². The van der Waals surface area contributed by atoms with Crippen LogP contribution in [0.15, 0.2) is 18.2 Å². The van der Waals surface area contributed by atoms with Gasteiger partial charge >= 0.3 is 12.1 Å². The standard InChI is InChI=1S/C18H17ClF3N3O3S2/c1-8-12(16(27)28-4)14(30-13(8)15(26)25(2)3)24-17(29)23-11-6-5-9(19)7-10(11)18(20,21)22/h5-7H,1-4H3,(H2,23,24,29). The Labute approximate surface area is 185 Å². The maximum atomic E-state index is 13.3. The third-order valence-electron chi connectivity index (χ3n) is 3.90. The monoisotopic (exact) mass is 479 g/mol. The number of nitrogens with zero attached hydrogens (tertiary/aromatic N) is 1. The molecule has 0 atom stereocenters. The minimum absolute atomic E-state index is 0.0731. The van der Waals surface area contributed by atoms with Crippen LogP contribution in [0.3, 0.4) is 0 Å². The highest BCUT2D eigenvalue weighted by Gasteiger charge is 2.34. The number of ether oxygens (including phenoxy) is 1. The van der Waals surface area contributed by atoms with Gasteiger partial charge in [-0.25, -0.2) is 4.79 Å². The SMILES string of the molecule is COC(=O)c1c(NC(=S)Nc2ccc(Cl)cc2C(F)(F)F)sc(C(=O)N(C)C)c1C. The van der Waals surface area contributed by atoms with Crippen LogP contribution in [-0.2, 0) is 10.9 Å². The Hall–Kier alpha value is -2.37. The number of anilines is 2. The van der Waals surface area contributed by atoms with Crippen LogP contribution in [0.5, 0.6) is 0 Å². The summed E-state index contributed by atoms with van der Waals surface area (Å²) < 4.78 is 44.6. The van der Waals surface area contributed by atoms with E-state index in [1.165, 1.54) is 18.1 Å². The Morgan fingerprint density at radius 3 is 2.40 bits per heavy atom. The minimum atomic E-state index is -4.66. The summed E-state index contributed by atoms with van der Waals surface area (Å²) in [7, 11) is 4.28. The van der Waals surface area contributed by atoms with Crippen molar-refractivity contribution >= 4 is 62.8 Å². The van der Waals surface area contributed by atoms with Crippen LogP contribution in [0.1, 0.15) is 31.2 Å². The maximum Gasteiger partial charge on any atom is 0.418 e. The van der Waals surface area contributed by atoms with Gasteiger partial charge in [0, 0.05) is 19.1 Å². The Kier molecular flexibility index (Phi) is 7.32. The summed E-state index contributed by atoms with van der Waals surface area (Å²) >= 11 is 11.7. The van der Waals surface area contributed by atoms with Gasteiger partial charge in [-0.15, -0.1) is 11.3 Å². The molecule has 0 bridgehead atoms. The zero-order valence-electron chi connectivity index (χ0n) is 16.2. The molecule has 2 rings (SSSR count). The second-order valence-corrected chi connectivity index (χ2v) is 8.08. The Balaban J connectivity index is 2.39. The average molecular weight is 480 g/mol. The van der Waals surface area contributed by atoms with Gasteiger partial charge in [0.15, 0.2) is 5.11 Å². The van der Waals surface area contributed by atoms with E-state index in [-0.39, 0.29) is 37.2 Å². The van der Waals surface area contributed by atoms with Gasteiger partial charge in [-0.1, -0.05) is 11.6 Å². The van der Waals surface area contributed by atoms with Gasteiger partial charge < -0.3 is 20.3 Å². The number of halogens is 4. The molecule has 1 amide bonds. The van der Waals surface area contributed by atoms with E-state index in [1.807, 2.05) is 0 Å². The average Bonchev–Trinajstić information content (AvgIpc) is 2.96. The molecule has 0 aliphatic heterocycles. The summed E-state index contributed by atoms with van der Waals surface area (Å²) in [5, 5.41) is 5.03. The highest BCUT2D eigenvalue weighted by atomic mass is 35.5. The molecule has 6 nitrogen and oxygen atoms in total. The predicted octanol–water partition coefficient (Wildman–Crippen LogP) is 5.03. The quantitative estimate of drug-likeness (QED) is 0.473. The summed E-state index contributed by atoms with van der Waals surface area (Å²) in [6.45, 7) is 1.57. The zero-order valence-corrected chi connectivity index (χ0v) is 18.6. The molecular weight excluding hydrogens is 463 g/mol.